The van der Waals surface area contributed by atoms with Crippen molar-refractivity contribution < 1.29 is 19.7 Å². The summed E-state index contributed by atoms with van der Waals surface area (Å²) < 4.78 is 6.78. The van der Waals surface area contributed by atoms with E-state index in [9.17, 15) is 15.0 Å². The van der Waals surface area contributed by atoms with Gasteiger partial charge >= 0.3 is 0 Å². The number of phenolic OH excluding ortho intramolecular Hbond substituents is 1. The van der Waals surface area contributed by atoms with Crippen LogP contribution in [0.1, 0.15) is 19.4 Å². The minimum atomic E-state index is -1.05. The molecule has 0 bridgehead atoms. The predicted molar refractivity (Wildman–Crippen MR) is 108 cm³/mol. The van der Waals surface area contributed by atoms with Crippen molar-refractivity contribution in [2.45, 2.75) is 26.5 Å². The maximum Gasteiger partial charge on any atom is 0.252 e. The van der Waals surface area contributed by atoms with Gasteiger partial charge in [-0.15, -0.1) is 11.3 Å². The Labute approximate surface area is 167 Å². The van der Waals surface area contributed by atoms with E-state index in [4.69, 9.17) is 4.74 Å². The van der Waals surface area contributed by atoms with E-state index in [-0.39, 0.29) is 30.7 Å². The van der Waals surface area contributed by atoms with Gasteiger partial charge in [0, 0.05) is 17.7 Å². The number of aliphatic hydroxyl groups excluding tert-OH is 1. The maximum absolute atomic E-state index is 12.6. The Kier molecular flexibility index (Phi) is 4.95. The van der Waals surface area contributed by atoms with E-state index < -0.39 is 6.10 Å². The van der Waals surface area contributed by atoms with E-state index in [2.05, 4.69) is 4.98 Å². The van der Waals surface area contributed by atoms with Gasteiger partial charge in [-0.25, -0.2) is 4.98 Å². The molecule has 0 fully saturated rings. The smallest absolute Gasteiger partial charge is 0.252 e. The number of para-hydroxylation sites is 1. The highest BCUT2D eigenvalue weighted by Crippen LogP contribution is 2.39. The zero-order valence-corrected chi connectivity index (χ0v) is 16.6. The van der Waals surface area contributed by atoms with Crippen LogP contribution in [0.25, 0.3) is 20.8 Å². The number of hydrogen-bond acceptors (Lipinski definition) is 6. The van der Waals surface area contributed by atoms with Gasteiger partial charge in [0.1, 0.15) is 17.7 Å². The zero-order valence-electron chi connectivity index (χ0n) is 15.8. The van der Waals surface area contributed by atoms with Gasteiger partial charge in [-0.2, -0.15) is 0 Å². The average molecular weight is 398 g/mol. The average Bonchev–Trinajstić information content (AvgIpc) is 2.99. The van der Waals surface area contributed by atoms with E-state index in [0.29, 0.717) is 17.9 Å². The highest BCUT2D eigenvalue weighted by atomic mass is 32.1. The van der Waals surface area contributed by atoms with Gasteiger partial charge < -0.3 is 19.8 Å². The van der Waals surface area contributed by atoms with E-state index in [1.807, 2.05) is 44.2 Å². The summed E-state index contributed by atoms with van der Waals surface area (Å²) in [6.45, 7) is 4.50. The minimum absolute atomic E-state index is 0.0328. The standard InChI is InChI=1S/C21H22N2O4S/c1-12(2)18(25)21(26)23-7-8-27-19-14(11-23)9-13(10-16(19)24)20-22-15-5-3-4-6-17(15)28-20/h3-6,9-10,12,18,24-25H,7-8,11H2,1-2H3/t18-/m1/s1. The molecule has 28 heavy (non-hydrogen) atoms. The predicted octanol–water partition coefficient (Wildman–Crippen LogP) is 3.41. The fourth-order valence-electron chi connectivity index (χ4n) is 3.28. The summed E-state index contributed by atoms with van der Waals surface area (Å²) in [4.78, 5) is 18.8. The molecule has 146 valence electrons. The molecule has 4 rings (SSSR count). The second-order valence-corrected chi connectivity index (χ2v) is 8.30. The number of thiazole rings is 1. The normalized spacial score (nSPS) is 15.2. The van der Waals surface area contributed by atoms with E-state index >= 15 is 0 Å². The second kappa shape index (κ2) is 7.41. The quantitative estimate of drug-likeness (QED) is 0.707. The zero-order chi connectivity index (χ0) is 19.8. The molecule has 1 atom stereocenters. The van der Waals surface area contributed by atoms with Crippen LogP contribution in [0, 0.1) is 5.92 Å². The first kappa shape index (κ1) is 18.7. The van der Waals surface area contributed by atoms with Crippen molar-refractivity contribution in [1.82, 2.24) is 9.88 Å². The monoisotopic (exact) mass is 398 g/mol. The summed E-state index contributed by atoms with van der Waals surface area (Å²) in [5.74, 6) is -0.0698. The Hall–Kier alpha value is -2.64. The molecule has 2 aromatic carbocycles. The Bertz CT molecular complexity index is 997. The number of rotatable bonds is 3. The molecule has 1 aromatic heterocycles. The van der Waals surface area contributed by atoms with Gasteiger partial charge in [0.2, 0.25) is 0 Å². The first-order chi connectivity index (χ1) is 13.4. The van der Waals surface area contributed by atoms with Gasteiger partial charge in [-0.05, 0) is 30.2 Å². The van der Waals surface area contributed by atoms with Crippen LogP contribution in [0.15, 0.2) is 36.4 Å². The van der Waals surface area contributed by atoms with Crippen molar-refractivity contribution in [1.29, 1.82) is 0 Å². The number of ether oxygens (including phenoxy) is 1. The van der Waals surface area contributed by atoms with Crippen LogP contribution in [0.4, 0.5) is 0 Å². The number of amides is 1. The van der Waals surface area contributed by atoms with E-state index in [1.165, 1.54) is 0 Å². The van der Waals surface area contributed by atoms with Crippen molar-refractivity contribution in [2.24, 2.45) is 5.92 Å². The first-order valence-corrected chi connectivity index (χ1v) is 10.1. The highest BCUT2D eigenvalue weighted by molar-refractivity contribution is 7.21. The number of carbonyl (C=O) groups is 1. The van der Waals surface area contributed by atoms with Gasteiger partial charge in [0.15, 0.2) is 11.5 Å². The fraction of sp³-hybridized carbons (Fsp3) is 0.333. The molecule has 2 heterocycles. The number of fused-ring (bicyclic) bond motifs is 2. The van der Waals surface area contributed by atoms with Crippen molar-refractivity contribution in [3.8, 4) is 22.1 Å². The molecule has 0 unspecified atom stereocenters. The molecule has 0 saturated heterocycles. The van der Waals surface area contributed by atoms with Crippen LogP contribution in [0.2, 0.25) is 0 Å². The summed E-state index contributed by atoms with van der Waals surface area (Å²) in [5.41, 5.74) is 2.39. The summed E-state index contributed by atoms with van der Waals surface area (Å²) in [7, 11) is 0. The molecule has 2 N–H and O–H groups in total. The summed E-state index contributed by atoms with van der Waals surface area (Å²) in [6.07, 6.45) is -1.05. The molecule has 0 aliphatic carbocycles. The summed E-state index contributed by atoms with van der Waals surface area (Å²) >= 11 is 1.55. The molecule has 0 radical (unpaired) electrons. The lowest BCUT2D eigenvalue weighted by Crippen LogP contribution is -2.42. The van der Waals surface area contributed by atoms with Crippen LogP contribution in [0.3, 0.4) is 0 Å². The van der Waals surface area contributed by atoms with Crippen LogP contribution in [-0.4, -0.2) is 45.3 Å². The van der Waals surface area contributed by atoms with Crippen molar-refractivity contribution >= 4 is 27.5 Å². The molecule has 1 aliphatic heterocycles. The van der Waals surface area contributed by atoms with Crippen molar-refractivity contribution in [3.63, 3.8) is 0 Å². The topological polar surface area (TPSA) is 82.9 Å². The lowest BCUT2D eigenvalue weighted by molar-refractivity contribution is -0.143. The van der Waals surface area contributed by atoms with E-state index in [0.717, 1.165) is 20.8 Å². The third-order valence-electron chi connectivity index (χ3n) is 4.85. The van der Waals surface area contributed by atoms with Crippen LogP contribution in [0.5, 0.6) is 11.5 Å². The first-order valence-electron chi connectivity index (χ1n) is 9.25. The number of aromatic nitrogens is 1. The number of phenols is 1. The van der Waals surface area contributed by atoms with Gasteiger partial charge in [0.05, 0.1) is 16.8 Å². The molecule has 0 saturated carbocycles. The van der Waals surface area contributed by atoms with Gasteiger partial charge in [0.25, 0.3) is 5.91 Å². The molecule has 1 amide bonds. The second-order valence-electron chi connectivity index (χ2n) is 7.27. The molecule has 7 heteroatoms. The Balaban J connectivity index is 1.70. The molecular weight excluding hydrogens is 376 g/mol. The molecule has 6 nitrogen and oxygen atoms in total. The Morgan fingerprint density at radius 1 is 1.29 bits per heavy atom. The Morgan fingerprint density at radius 2 is 2.07 bits per heavy atom. The van der Waals surface area contributed by atoms with Gasteiger partial charge in [-0.3, -0.25) is 4.79 Å². The summed E-state index contributed by atoms with van der Waals surface area (Å²) in [6, 6.07) is 11.4. The van der Waals surface area contributed by atoms with Crippen LogP contribution < -0.4 is 4.74 Å². The lowest BCUT2D eigenvalue weighted by atomic mass is 10.0. The van der Waals surface area contributed by atoms with Crippen molar-refractivity contribution in [2.75, 3.05) is 13.2 Å². The van der Waals surface area contributed by atoms with Crippen LogP contribution >= 0.6 is 11.3 Å². The molecular formula is C21H22N2O4S. The maximum atomic E-state index is 12.6. The van der Waals surface area contributed by atoms with E-state index in [1.54, 1.807) is 22.3 Å². The molecule has 1 aliphatic rings. The van der Waals surface area contributed by atoms with Crippen molar-refractivity contribution in [3.05, 3.63) is 42.0 Å². The largest absolute Gasteiger partial charge is 0.504 e. The SMILES string of the molecule is CC(C)[C@@H](O)C(=O)N1CCOc2c(O)cc(-c3nc4ccccc4s3)cc2C1. The minimum Gasteiger partial charge on any atom is -0.504 e. The van der Waals surface area contributed by atoms with Gasteiger partial charge in [-0.1, -0.05) is 26.0 Å². The highest BCUT2D eigenvalue weighted by Gasteiger charge is 2.28. The number of nitrogens with zero attached hydrogens (tertiary/aromatic N) is 2. The fourth-order valence-corrected chi connectivity index (χ4v) is 4.23. The molecule has 0 spiro atoms. The number of benzene rings is 2. The number of carbonyl (C=O) groups excluding carboxylic acids is 1. The Morgan fingerprint density at radius 3 is 2.82 bits per heavy atom. The third kappa shape index (κ3) is 3.43. The summed E-state index contributed by atoms with van der Waals surface area (Å²) in [5, 5.41) is 21.5. The third-order valence-corrected chi connectivity index (χ3v) is 5.94. The number of hydrogen-bond donors (Lipinski definition) is 2. The molecule has 3 aromatic rings. The number of aromatic hydroxyl groups is 1. The lowest BCUT2D eigenvalue weighted by Gasteiger charge is -2.24. The van der Waals surface area contributed by atoms with Crippen LogP contribution in [-0.2, 0) is 11.3 Å². The number of aliphatic hydroxyl groups is 1.